The van der Waals surface area contributed by atoms with Crippen LogP contribution in [0.15, 0.2) is 17.2 Å². The van der Waals surface area contributed by atoms with Crippen LogP contribution in [0, 0.1) is 13.8 Å². The molecular weight excluding hydrogens is 234 g/mol. The lowest BCUT2D eigenvalue weighted by molar-refractivity contribution is 0.0236. The number of ether oxygens (including phenoxy) is 1. The molecule has 2 unspecified atom stereocenters. The van der Waals surface area contributed by atoms with E-state index in [1.54, 1.807) is 19.2 Å². The highest BCUT2D eigenvalue weighted by atomic mass is 16.5. The molecule has 1 aromatic carbocycles. The van der Waals surface area contributed by atoms with E-state index >= 15 is 0 Å². The highest BCUT2D eigenvalue weighted by Gasteiger charge is 2.21. The average molecular weight is 251 g/mol. The molecule has 0 aliphatic carbocycles. The van der Waals surface area contributed by atoms with Gasteiger partial charge in [0.15, 0.2) is 0 Å². The van der Waals surface area contributed by atoms with Gasteiger partial charge in [0.25, 0.3) is 0 Å². The average Bonchev–Trinajstić information content (AvgIpc) is 2.34. The number of rotatable bonds is 5. The van der Waals surface area contributed by atoms with Gasteiger partial charge in [0.1, 0.15) is 11.9 Å². The zero-order chi connectivity index (χ0) is 13.7. The Hall–Kier alpha value is -1.75. The van der Waals surface area contributed by atoms with Crippen molar-refractivity contribution in [1.82, 2.24) is 0 Å². The van der Waals surface area contributed by atoms with Crippen molar-refractivity contribution in [3.63, 3.8) is 0 Å². The van der Waals surface area contributed by atoms with Crippen molar-refractivity contribution >= 4 is 0 Å². The maximum absolute atomic E-state index is 10.1. The second kappa shape index (κ2) is 6.26. The van der Waals surface area contributed by atoms with Gasteiger partial charge in [0.2, 0.25) is 0 Å². The van der Waals surface area contributed by atoms with Gasteiger partial charge in [-0.1, -0.05) is 5.11 Å². The number of methoxy groups -OCH3 is 1. The number of aliphatic hydroxyl groups is 2. The largest absolute Gasteiger partial charge is 0.497 e. The van der Waals surface area contributed by atoms with Crippen molar-refractivity contribution in [3.8, 4) is 5.75 Å². The smallest absolute Gasteiger partial charge is 0.119 e. The number of nitrogens with zero attached hydrogens (tertiary/aromatic N) is 3. The molecule has 98 valence electrons. The van der Waals surface area contributed by atoms with Gasteiger partial charge in [-0.15, -0.1) is 0 Å². The molecule has 0 heterocycles. The minimum absolute atomic E-state index is 0.164. The minimum atomic E-state index is -1.12. The molecule has 1 aromatic rings. The van der Waals surface area contributed by atoms with E-state index in [0.29, 0.717) is 11.3 Å². The van der Waals surface area contributed by atoms with Crippen LogP contribution in [-0.4, -0.2) is 30.0 Å². The van der Waals surface area contributed by atoms with E-state index in [1.807, 2.05) is 13.8 Å². The van der Waals surface area contributed by atoms with Crippen molar-refractivity contribution in [2.75, 3.05) is 13.7 Å². The van der Waals surface area contributed by atoms with Crippen molar-refractivity contribution in [1.29, 1.82) is 0 Å². The molecule has 6 heteroatoms. The lowest BCUT2D eigenvalue weighted by atomic mass is 9.94. The minimum Gasteiger partial charge on any atom is -0.497 e. The Morgan fingerprint density at radius 2 is 1.89 bits per heavy atom. The second-order valence-electron chi connectivity index (χ2n) is 4.10. The van der Waals surface area contributed by atoms with Crippen LogP contribution in [-0.2, 0) is 0 Å². The molecule has 0 radical (unpaired) electrons. The van der Waals surface area contributed by atoms with E-state index in [1.165, 1.54) is 0 Å². The van der Waals surface area contributed by atoms with Gasteiger partial charge in [0, 0.05) is 4.91 Å². The summed E-state index contributed by atoms with van der Waals surface area (Å²) < 4.78 is 5.13. The quantitative estimate of drug-likeness (QED) is 0.475. The number of benzene rings is 1. The van der Waals surface area contributed by atoms with Gasteiger partial charge >= 0.3 is 0 Å². The van der Waals surface area contributed by atoms with Gasteiger partial charge in [-0.3, -0.25) is 0 Å². The Morgan fingerprint density at radius 3 is 2.33 bits per heavy atom. The molecule has 0 bridgehead atoms. The summed E-state index contributed by atoms with van der Waals surface area (Å²) >= 11 is 0. The molecule has 2 N–H and O–H groups in total. The summed E-state index contributed by atoms with van der Waals surface area (Å²) in [7, 11) is 1.57. The number of aliphatic hydroxyl groups excluding tert-OH is 2. The Bertz CT molecular complexity index is 447. The van der Waals surface area contributed by atoms with Crippen LogP contribution in [0.1, 0.15) is 22.8 Å². The lowest BCUT2D eigenvalue weighted by Gasteiger charge is -2.21. The predicted molar refractivity (Wildman–Crippen MR) is 67.4 cm³/mol. The monoisotopic (exact) mass is 251 g/mol. The molecule has 2 atom stereocenters. The maximum Gasteiger partial charge on any atom is 0.119 e. The first kappa shape index (κ1) is 14.3. The summed E-state index contributed by atoms with van der Waals surface area (Å²) in [5, 5.41) is 23.1. The molecular formula is C12H17N3O3. The fraction of sp³-hybridized carbons (Fsp3) is 0.500. The molecule has 1 rings (SSSR count). The third-order valence-corrected chi connectivity index (χ3v) is 2.80. The molecule has 0 aliphatic rings. The van der Waals surface area contributed by atoms with Crippen LogP contribution in [0.5, 0.6) is 5.75 Å². The van der Waals surface area contributed by atoms with Crippen molar-refractivity contribution in [2.45, 2.75) is 26.1 Å². The molecule has 0 saturated carbocycles. The summed E-state index contributed by atoms with van der Waals surface area (Å²) in [4.78, 5) is 2.56. The molecule has 0 amide bonds. The summed E-state index contributed by atoms with van der Waals surface area (Å²) in [6, 6.07) is 3.57. The van der Waals surface area contributed by atoms with Gasteiger partial charge in [-0.05, 0) is 48.2 Å². The second-order valence-corrected chi connectivity index (χ2v) is 4.10. The van der Waals surface area contributed by atoms with Crippen molar-refractivity contribution in [3.05, 3.63) is 39.3 Å². The molecule has 6 nitrogen and oxygen atoms in total. The maximum atomic E-state index is 10.1. The zero-order valence-corrected chi connectivity index (χ0v) is 10.7. The molecule has 0 fully saturated rings. The third kappa shape index (κ3) is 3.13. The van der Waals surface area contributed by atoms with E-state index in [-0.39, 0.29) is 6.54 Å². The fourth-order valence-electron chi connectivity index (χ4n) is 1.93. The first-order chi connectivity index (χ1) is 8.51. The topological polar surface area (TPSA) is 98.5 Å². The summed E-state index contributed by atoms with van der Waals surface area (Å²) in [5.74, 6) is 0.700. The highest BCUT2D eigenvalue weighted by molar-refractivity contribution is 5.42. The summed E-state index contributed by atoms with van der Waals surface area (Å²) in [6.45, 7) is 3.49. The van der Waals surface area contributed by atoms with Crippen LogP contribution in [0.25, 0.3) is 10.4 Å². The Kier molecular flexibility index (Phi) is 4.97. The number of hydrogen-bond donors (Lipinski definition) is 2. The van der Waals surface area contributed by atoms with Crippen molar-refractivity contribution in [2.24, 2.45) is 5.11 Å². The van der Waals surface area contributed by atoms with Gasteiger partial charge in [0.05, 0.1) is 19.8 Å². The molecule has 0 spiro atoms. The van der Waals surface area contributed by atoms with Crippen LogP contribution < -0.4 is 4.74 Å². The first-order valence-electron chi connectivity index (χ1n) is 5.53. The van der Waals surface area contributed by atoms with Gasteiger partial charge < -0.3 is 14.9 Å². The Labute approximate surface area is 105 Å². The normalized spacial score (nSPS) is 13.6. The summed E-state index contributed by atoms with van der Waals surface area (Å²) in [5.41, 5.74) is 10.5. The Balaban J connectivity index is 3.05. The van der Waals surface area contributed by atoms with Crippen LogP contribution in [0.4, 0.5) is 0 Å². The SMILES string of the molecule is COc1cc(C)c(C(O)C(O)CN=[N+]=[N-])c(C)c1. The number of aryl methyl sites for hydroxylation is 2. The van der Waals surface area contributed by atoms with Gasteiger partial charge in [-0.2, -0.15) is 0 Å². The van der Waals surface area contributed by atoms with Crippen LogP contribution in [0.2, 0.25) is 0 Å². The molecule has 18 heavy (non-hydrogen) atoms. The van der Waals surface area contributed by atoms with E-state index < -0.39 is 12.2 Å². The zero-order valence-electron chi connectivity index (χ0n) is 10.7. The van der Waals surface area contributed by atoms with E-state index in [4.69, 9.17) is 10.3 Å². The first-order valence-corrected chi connectivity index (χ1v) is 5.53. The van der Waals surface area contributed by atoms with Crippen LogP contribution >= 0.6 is 0 Å². The van der Waals surface area contributed by atoms with E-state index in [2.05, 4.69) is 10.0 Å². The molecule has 0 aliphatic heterocycles. The predicted octanol–water partition coefficient (Wildman–Crippen LogP) is 2.02. The fourth-order valence-corrected chi connectivity index (χ4v) is 1.93. The highest BCUT2D eigenvalue weighted by Crippen LogP contribution is 2.28. The van der Waals surface area contributed by atoms with Crippen molar-refractivity contribution < 1.29 is 14.9 Å². The van der Waals surface area contributed by atoms with E-state index in [0.717, 1.165) is 11.1 Å². The van der Waals surface area contributed by atoms with Crippen LogP contribution in [0.3, 0.4) is 0 Å². The number of hydrogen-bond acceptors (Lipinski definition) is 4. The lowest BCUT2D eigenvalue weighted by Crippen LogP contribution is -2.22. The third-order valence-electron chi connectivity index (χ3n) is 2.80. The van der Waals surface area contributed by atoms with Gasteiger partial charge in [-0.25, -0.2) is 0 Å². The summed E-state index contributed by atoms with van der Waals surface area (Å²) in [6.07, 6.45) is -2.20. The molecule has 0 aromatic heterocycles. The standard InChI is InChI=1S/C12H17N3O3/c1-7-4-9(18-3)5-8(2)11(7)12(17)10(16)6-14-15-13/h4-5,10,12,16-17H,6H2,1-3H3. The molecule has 0 saturated heterocycles. The number of azide groups is 1. The Morgan fingerprint density at radius 1 is 1.33 bits per heavy atom. The van der Waals surface area contributed by atoms with E-state index in [9.17, 15) is 10.2 Å².